The molecule has 1 aliphatic rings. The number of rotatable bonds is 4. The SMILES string of the molecule is COc1cc(Cl)c(C)cc1NC(=O)C1CC(c2ccc(Cl)s2)=NO1. The Labute approximate surface area is 153 Å². The quantitative estimate of drug-likeness (QED) is 0.843. The van der Waals surface area contributed by atoms with Gasteiger partial charge in [0.1, 0.15) is 11.5 Å². The van der Waals surface area contributed by atoms with E-state index in [2.05, 4.69) is 10.5 Å². The number of carbonyl (C=O) groups is 1. The van der Waals surface area contributed by atoms with Gasteiger partial charge in [0.2, 0.25) is 6.10 Å². The molecule has 3 rings (SSSR count). The number of hydrogen-bond acceptors (Lipinski definition) is 5. The number of halogens is 2. The normalized spacial score (nSPS) is 16.5. The van der Waals surface area contributed by atoms with E-state index in [4.69, 9.17) is 32.8 Å². The maximum Gasteiger partial charge on any atom is 0.268 e. The van der Waals surface area contributed by atoms with Gasteiger partial charge in [-0.1, -0.05) is 28.4 Å². The molecule has 5 nitrogen and oxygen atoms in total. The molecule has 24 heavy (non-hydrogen) atoms. The summed E-state index contributed by atoms with van der Waals surface area (Å²) in [5.74, 6) is 0.194. The predicted octanol–water partition coefficient (Wildman–Crippen LogP) is 4.50. The summed E-state index contributed by atoms with van der Waals surface area (Å²) in [4.78, 5) is 18.6. The number of hydrogen-bond donors (Lipinski definition) is 1. The van der Waals surface area contributed by atoms with E-state index in [-0.39, 0.29) is 5.91 Å². The van der Waals surface area contributed by atoms with Gasteiger partial charge < -0.3 is 14.9 Å². The van der Waals surface area contributed by atoms with Crippen molar-refractivity contribution < 1.29 is 14.4 Å². The number of aryl methyl sites for hydroxylation is 1. The first-order chi connectivity index (χ1) is 11.5. The third-order valence-corrected chi connectivity index (χ3v) is 5.24. The van der Waals surface area contributed by atoms with Crippen molar-refractivity contribution in [3.05, 3.63) is 44.1 Å². The molecule has 1 unspecified atom stereocenters. The third kappa shape index (κ3) is 3.50. The van der Waals surface area contributed by atoms with Crippen LogP contribution in [-0.2, 0) is 9.63 Å². The third-order valence-electron chi connectivity index (χ3n) is 3.56. The van der Waals surface area contributed by atoms with Crippen molar-refractivity contribution in [2.45, 2.75) is 19.4 Å². The van der Waals surface area contributed by atoms with Gasteiger partial charge in [-0.3, -0.25) is 4.79 Å². The molecular formula is C16H14Cl2N2O3S. The van der Waals surface area contributed by atoms with E-state index >= 15 is 0 Å². The highest BCUT2D eigenvalue weighted by molar-refractivity contribution is 7.18. The number of benzene rings is 1. The average molecular weight is 385 g/mol. The molecule has 8 heteroatoms. The summed E-state index contributed by atoms with van der Waals surface area (Å²) < 4.78 is 5.92. The van der Waals surface area contributed by atoms with Gasteiger partial charge in [-0.05, 0) is 30.7 Å². The predicted molar refractivity (Wildman–Crippen MR) is 96.7 cm³/mol. The highest BCUT2D eigenvalue weighted by Crippen LogP contribution is 2.32. The van der Waals surface area contributed by atoms with Gasteiger partial charge in [0.15, 0.2) is 0 Å². The van der Waals surface area contributed by atoms with Gasteiger partial charge in [-0.15, -0.1) is 11.3 Å². The topological polar surface area (TPSA) is 59.9 Å². The number of nitrogens with one attached hydrogen (secondary N) is 1. The number of methoxy groups -OCH3 is 1. The van der Waals surface area contributed by atoms with Crippen molar-refractivity contribution in [2.24, 2.45) is 5.16 Å². The molecule has 0 bridgehead atoms. The molecule has 1 aliphatic heterocycles. The van der Waals surface area contributed by atoms with E-state index < -0.39 is 6.10 Å². The van der Waals surface area contributed by atoms with E-state index in [1.54, 1.807) is 18.2 Å². The van der Waals surface area contributed by atoms with Crippen LogP contribution < -0.4 is 10.1 Å². The van der Waals surface area contributed by atoms with E-state index in [1.807, 2.05) is 13.0 Å². The molecule has 0 spiro atoms. The second-order valence-corrected chi connectivity index (χ2v) is 7.35. The van der Waals surface area contributed by atoms with Crippen molar-refractivity contribution in [2.75, 3.05) is 12.4 Å². The van der Waals surface area contributed by atoms with E-state index in [0.717, 1.165) is 10.4 Å². The van der Waals surface area contributed by atoms with E-state index in [9.17, 15) is 4.79 Å². The van der Waals surface area contributed by atoms with E-state index in [1.165, 1.54) is 18.4 Å². The molecule has 1 atom stereocenters. The minimum Gasteiger partial charge on any atom is -0.495 e. The maximum absolute atomic E-state index is 12.4. The van der Waals surface area contributed by atoms with Crippen LogP contribution in [0.2, 0.25) is 9.36 Å². The highest BCUT2D eigenvalue weighted by atomic mass is 35.5. The Bertz CT molecular complexity index is 820. The molecule has 2 aromatic rings. The molecule has 1 aromatic carbocycles. The molecule has 2 heterocycles. The van der Waals surface area contributed by atoms with Gasteiger partial charge in [0.05, 0.1) is 22.0 Å². The number of ether oxygens (including phenoxy) is 1. The number of amides is 1. The molecule has 0 saturated heterocycles. The van der Waals surface area contributed by atoms with Crippen molar-refractivity contribution in [3.63, 3.8) is 0 Å². The summed E-state index contributed by atoms with van der Waals surface area (Å²) in [7, 11) is 1.52. The van der Waals surface area contributed by atoms with Crippen LogP contribution in [0.15, 0.2) is 29.4 Å². The van der Waals surface area contributed by atoms with Crippen LogP contribution in [0.4, 0.5) is 5.69 Å². The fourth-order valence-electron chi connectivity index (χ4n) is 2.28. The smallest absolute Gasteiger partial charge is 0.268 e. The molecule has 0 fully saturated rings. The van der Waals surface area contributed by atoms with Gasteiger partial charge in [0.25, 0.3) is 5.91 Å². The van der Waals surface area contributed by atoms with Crippen LogP contribution in [0.5, 0.6) is 5.75 Å². The zero-order valence-corrected chi connectivity index (χ0v) is 15.3. The first-order valence-electron chi connectivity index (χ1n) is 7.11. The minimum atomic E-state index is -0.693. The zero-order chi connectivity index (χ0) is 17.3. The Hall–Kier alpha value is -1.76. The number of thiophene rings is 1. The Balaban J connectivity index is 1.70. The van der Waals surface area contributed by atoms with Crippen LogP contribution in [0.25, 0.3) is 0 Å². The number of oxime groups is 1. The number of carbonyl (C=O) groups excluding carboxylic acids is 1. The Morgan fingerprint density at radius 3 is 2.88 bits per heavy atom. The molecule has 0 aliphatic carbocycles. The molecule has 0 saturated carbocycles. The summed E-state index contributed by atoms with van der Waals surface area (Å²) >= 11 is 13.4. The second-order valence-electron chi connectivity index (χ2n) is 5.23. The van der Waals surface area contributed by atoms with Crippen molar-refractivity contribution in [1.29, 1.82) is 0 Å². The zero-order valence-electron chi connectivity index (χ0n) is 12.9. The lowest BCUT2D eigenvalue weighted by molar-refractivity contribution is -0.125. The lowest BCUT2D eigenvalue weighted by Crippen LogP contribution is -2.28. The lowest BCUT2D eigenvalue weighted by atomic mass is 10.1. The minimum absolute atomic E-state index is 0.295. The monoisotopic (exact) mass is 384 g/mol. The second kappa shape index (κ2) is 7.01. The first-order valence-corrected chi connectivity index (χ1v) is 8.68. The first kappa shape index (κ1) is 17.1. The van der Waals surface area contributed by atoms with Gasteiger partial charge in [0, 0.05) is 17.5 Å². The Morgan fingerprint density at radius 2 is 2.21 bits per heavy atom. The van der Waals surface area contributed by atoms with Crippen LogP contribution in [-0.4, -0.2) is 24.8 Å². The fourth-order valence-corrected chi connectivity index (χ4v) is 3.46. The van der Waals surface area contributed by atoms with E-state index in [0.29, 0.717) is 32.9 Å². The summed E-state index contributed by atoms with van der Waals surface area (Å²) in [6.45, 7) is 1.85. The van der Waals surface area contributed by atoms with Crippen LogP contribution in [0.1, 0.15) is 16.9 Å². The molecule has 1 amide bonds. The lowest BCUT2D eigenvalue weighted by Gasteiger charge is -2.14. The van der Waals surface area contributed by atoms with Crippen LogP contribution >= 0.6 is 34.5 Å². The Morgan fingerprint density at radius 1 is 1.42 bits per heavy atom. The maximum atomic E-state index is 12.4. The summed E-state index contributed by atoms with van der Waals surface area (Å²) in [5, 5.41) is 7.37. The van der Waals surface area contributed by atoms with Gasteiger partial charge >= 0.3 is 0 Å². The number of anilines is 1. The standard InChI is InChI=1S/C16H14Cl2N2O3S/c1-8-5-10(12(22-2)6-9(8)17)19-16(21)13-7-11(20-23-13)14-3-4-15(18)24-14/h3-6,13H,7H2,1-2H3,(H,19,21). The molecule has 0 radical (unpaired) electrons. The van der Waals surface area contributed by atoms with Gasteiger partial charge in [-0.2, -0.15) is 0 Å². The molecule has 1 aromatic heterocycles. The largest absolute Gasteiger partial charge is 0.495 e. The molecular weight excluding hydrogens is 371 g/mol. The summed E-state index contributed by atoms with van der Waals surface area (Å²) in [6, 6.07) is 7.08. The number of nitrogens with zero attached hydrogens (tertiary/aromatic N) is 1. The van der Waals surface area contributed by atoms with Crippen molar-refractivity contribution >= 4 is 51.8 Å². The van der Waals surface area contributed by atoms with Crippen molar-refractivity contribution in [1.82, 2.24) is 0 Å². The average Bonchev–Trinajstić information content (AvgIpc) is 3.19. The van der Waals surface area contributed by atoms with Crippen LogP contribution in [0.3, 0.4) is 0 Å². The fraction of sp³-hybridized carbons (Fsp3) is 0.250. The van der Waals surface area contributed by atoms with Crippen molar-refractivity contribution in [3.8, 4) is 5.75 Å². The summed E-state index contributed by atoms with van der Waals surface area (Å²) in [5.41, 5.74) is 2.09. The summed E-state index contributed by atoms with van der Waals surface area (Å²) in [6.07, 6.45) is -0.307. The molecule has 126 valence electrons. The Kier molecular flexibility index (Phi) is 4.99. The van der Waals surface area contributed by atoms with Crippen LogP contribution in [0, 0.1) is 6.92 Å². The highest BCUT2D eigenvalue weighted by Gasteiger charge is 2.30. The van der Waals surface area contributed by atoms with Gasteiger partial charge in [-0.25, -0.2) is 0 Å². The molecule has 1 N–H and O–H groups in total.